The van der Waals surface area contributed by atoms with Gasteiger partial charge in [-0.1, -0.05) is 24.3 Å². The number of rotatable bonds is 4. The molecule has 0 spiro atoms. The van der Waals surface area contributed by atoms with Crippen molar-refractivity contribution in [2.24, 2.45) is 5.73 Å². The number of amides is 1. The zero-order valence-electron chi connectivity index (χ0n) is 13.1. The van der Waals surface area contributed by atoms with Crippen molar-refractivity contribution in [1.82, 2.24) is 0 Å². The average molecular weight is 327 g/mol. The van der Waals surface area contributed by atoms with Crippen LogP contribution in [0.2, 0.25) is 0 Å². The molecule has 2 aromatic carbocycles. The molecule has 0 saturated heterocycles. The highest BCUT2D eigenvalue weighted by Crippen LogP contribution is 2.33. The number of para-hydroxylation sites is 2. The summed E-state index contributed by atoms with van der Waals surface area (Å²) in [6, 6.07) is 13.7. The van der Waals surface area contributed by atoms with Crippen LogP contribution in [-0.2, 0) is 16.1 Å². The van der Waals surface area contributed by atoms with Crippen molar-refractivity contribution in [2.45, 2.75) is 25.7 Å². The molecule has 1 aliphatic heterocycles. The Labute approximate surface area is 139 Å². The fraction of sp³-hybridized carbons (Fsp3) is 0.222. The van der Waals surface area contributed by atoms with Crippen LogP contribution in [0.4, 0.5) is 0 Å². The van der Waals surface area contributed by atoms with Gasteiger partial charge in [-0.15, -0.1) is 0 Å². The molecule has 6 heteroatoms. The second-order valence-electron chi connectivity index (χ2n) is 5.48. The highest BCUT2D eigenvalue weighted by Gasteiger charge is 2.35. The van der Waals surface area contributed by atoms with Crippen LogP contribution < -0.4 is 15.2 Å². The fourth-order valence-corrected chi connectivity index (χ4v) is 2.38. The van der Waals surface area contributed by atoms with Gasteiger partial charge in [-0.05, 0) is 36.8 Å². The van der Waals surface area contributed by atoms with Gasteiger partial charge >= 0.3 is 5.97 Å². The Morgan fingerprint density at radius 3 is 2.29 bits per heavy atom. The van der Waals surface area contributed by atoms with Gasteiger partial charge in [0.1, 0.15) is 12.7 Å². The summed E-state index contributed by atoms with van der Waals surface area (Å²) in [7, 11) is 0. The van der Waals surface area contributed by atoms with Crippen LogP contribution >= 0.6 is 0 Å². The molecule has 6 nitrogen and oxygen atoms in total. The van der Waals surface area contributed by atoms with Gasteiger partial charge in [-0.3, -0.25) is 4.79 Å². The van der Waals surface area contributed by atoms with Gasteiger partial charge in [0.25, 0.3) is 0 Å². The maximum absolute atomic E-state index is 12.3. The van der Waals surface area contributed by atoms with E-state index in [0.717, 1.165) is 5.56 Å². The number of carbonyl (C=O) groups is 2. The third-order valence-electron chi connectivity index (χ3n) is 3.69. The van der Waals surface area contributed by atoms with Crippen molar-refractivity contribution >= 4 is 11.9 Å². The Morgan fingerprint density at radius 1 is 1.04 bits per heavy atom. The summed E-state index contributed by atoms with van der Waals surface area (Å²) in [5.74, 6) is 0.120. The Kier molecular flexibility index (Phi) is 4.37. The second-order valence-corrected chi connectivity index (χ2v) is 5.48. The van der Waals surface area contributed by atoms with Gasteiger partial charge in [0, 0.05) is 5.56 Å². The topological polar surface area (TPSA) is 87.8 Å². The first kappa shape index (κ1) is 15.9. The minimum atomic E-state index is -0.829. The van der Waals surface area contributed by atoms with E-state index in [-0.39, 0.29) is 6.61 Å². The lowest BCUT2D eigenvalue weighted by Gasteiger charge is -2.30. The summed E-state index contributed by atoms with van der Waals surface area (Å²) < 4.78 is 16.7. The molecule has 0 radical (unpaired) electrons. The fourth-order valence-electron chi connectivity index (χ4n) is 2.38. The van der Waals surface area contributed by atoms with Gasteiger partial charge in [0.15, 0.2) is 11.5 Å². The summed E-state index contributed by atoms with van der Waals surface area (Å²) in [4.78, 5) is 23.3. The first-order valence-electron chi connectivity index (χ1n) is 7.52. The van der Waals surface area contributed by atoms with Crippen LogP contribution in [0.25, 0.3) is 0 Å². The van der Waals surface area contributed by atoms with E-state index in [2.05, 4.69) is 0 Å². The van der Waals surface area contributed by atoms with Crippen LogP contribution in [0, 0.1) is 0 Å². The lowest BCUT2D eigenvalue weighted by atomic mass is 10.1. The quantitative estimate of drug-likeness (QED) is 0.869. The first-order valence-corrected chi connectivity index (χ1v) is 7.52. The average Bonchev–Trinajstić information content (AvgIpc) is 2.59. The van der Waals surface area contributed by atoms with Gasteiger partial charge in [0.2, 0.25) is 12.0 Å². The number of esters is 1. The molecular formula is C18H17NO5. The molecule has 0 fully saturated rings. The molecule has 0 aromatic heterocycles. The maximum Gasteiger partial charge on any atom is 0.351 e. The molecule has 2 atom stereocenters. The molecule has 1 aliphatic rings. The summed E-state index contributed by atoms with van der Waals surface area (Å²) in [5, 5.41) is 0. The summed E-state index contributed by atoms with van der Waals surface area (Å²) in [6.07, 6.45) is -1.28. The highest BCUT2D eigenvalue weighted by atomic mass is 16.6. The summed E-state index contributed by atoms with van der Waals surface area (Å²) >= 11 is 0. The standard InChI is InChI=1S/C18H17NO5/c1-11-16(24-15-5-3-2-4-14(15)23-11)18(21)22-10-12-6-8-13(9-7-12)17(19)20/h2-9,11,16H,10H2,1H3,(H2,19,20)/t11-,16-/m0/s1. The zero-order chi connectivity index (χ0) is 17.1. The molecule has 1 amide bonds. The molecule has 0 unspecified atom stereocenters. The van der Waals surface area contributed by atoms with Crippen molar-refractivity contribution in [3.63, 3.8) is 0 Å². The zero-order valence-corrected chi connectivity index (χ0v) is 13.1. The van der Waals surface area contributed by atoms with E-state index in [4.69, 9.17) is 19.9 Å². The molecule has 2 aromatic rings. The van der Waals surface area contributed by atoms with Crippen molar-refractivity contribution < 1.29 is 23.8 Å². The van der Waals surface area contributed by atoms with Crippen molar-refractivity contribution in [1.29, 1.82) is 0 Å². The summed E-state index contributed by atoms with van der Waals surface area (Å²) in [6.45, 7) is 1.83. The number of benzene rings is 2. The van der Waals surface area contributed by atoms with E-state index in [1.54, 1.807) is 49.4 Å². The number of hydrogen-bond acceptors (Lipinski definition) is 5. The third kappa shape index (κ3) is 3.32. The SMILES string of the molecule is C[C@@H]1Oc2ccccc2O[C@@H]1C(=O)OCc1ccc(C(N)=O)cc1. The monoisotopic (exact) mass is 327 g/mol. The Morgan fingerprint density at radius 2 is 1.67 bits per heavy atom. The van der Waals surface area contributed by atoms with Crippen LogP contribution in [0.3, 0.4) is 0 Å². The van der Waals surface area contributed by atoms with Gasteiger partial charge in [-0.25, -0.2) is 4.79 Å². The van der Waals surface area contributed by atoms with Crippen molar-refractivity contribution in [2.75, 3.05) is 0 Å². The number of nitrogens with two attached hydrogens (primary N) is 1. The maximum atomic E-state index is 12.3. The second kappa shape index (κ2) is 6.62. The molecule has 2 N–H and O–H groups in total. The van der Waals surface area contributed by atoms with E-state index >= 15 is 0 Å². The van der Waals surface area contributed by atoms with Crippen LogP contribution in [-0.4, -0.2) is 24.1 Å². The van der Waals surface area contributed by atoms with E-state index in [1.165, 1.54) is 0 Å². The largest absolute Gasteiger partial charge is 0.482 e. The molecule has 1 heterocycles. The van der Waals surface area contributed by atoms with E-state index < -0.39 is 24.1 Å². The molecule has 0 bridgehead atoms. The predicted molar refractivity (Wildman–Crippen MR) is 85.7 cm³/mol. The lowest BCUT2D eigenvalue weighted by Crippen LogP contribution is -2.44. The van der Waals surface area contributed by atoms with Crippen molar-refractivity contribution in [3.8, 4) is 11.5 Å². The number of hydrogen-bond donors (Lipinski definition) is 1. The van der Waals surface area contributed by atoms with Gasteiger partial charge < -0.3 is 19.9 Å². The Hall–Kier alpha value is -3.02. The van der Waals surface area contributed by atoms with E-state index in [1.807, 2.05) is 6.07 Å². The van der Waals surface area contributed by atoms with Crippen LogP contribution in [0.1, 0.15) is 22.8 Å². The van der Waals surface area contributed by atoms with Crippen molar-refractivity contribution in [3.05, 3.63) is 59.7 Å². The smallest absolute Gasteiger partial charge is 0.351 e. The van der Waals surface area contributed by atoms with Crippen LogP contribution in [0.15, 0.2) is 48.5 Å². The lowest BCUT2D eigenvalue weighted by molar-refractivity contribution is -0.159. The number of carbonyl (C=O) groups excluding carboxylic acids is 2. The highest BCUT2D eigenvalue weighted by molar-refractivity contribution is 5.92. The minimum Gasteiger partial charge on any atom is -0.482 e. The number of fused-ring (bicyclic) bond motifs is 1. The Balaban J connectivity index is 1.62. The Bertz CT molecular complexity index is 756. The number of ether oxygens (including phenoxy) is 3. The normalized spacial score (nSPS) is 18.7. The first-order chi connectivity index (χ1) is 11.5. The van der Waals surface area contributed by atoms with Gasteiger partial charge in [0.05, 0.1) is 0 Å². The predicted octanol–water partition coefficient (Wildman–Crippen LogP) is 2.06. The minimum absolute atomic E-state index is 0.0755. The van der Waals surface area contributed by atoms with Crippen LogP contribution in [0.5, 0.6) is 11.5 Å². The molecular weight excluding hydrogens is 310 g/mol. The summed E-state index contributed by atoms with van der Waals surface area (Å²) in [5.41, 5.74) is 6.33. The third-order valence-corrected chi connectivity index (χ3v) is 3.69. The molecule has 24 heavy (non-hydrogen) atoms. The number of primary amides is 1. The van der Waals surface area contributed by atoms with E-state index in [0.29, 0.717) is 17.1 Å². The molecule has 124 valence electrons. The van der Waals surface area contributed by atoms with E-state index in [9.17, 15) is 9.59 Å². The molecule has 3 rings (SSSR count). The molecule has 0 aliphatic carbocycles. The van der Waals surface area contributed by atoms with Gasteiger partial charge in [-0.2, -0.15) is 0 Å². The molecule has 0 saturated carbocycles.